The van der Waals surface area contributed by atoms with E-state index in [-0.39, 0.29) is 5.91 Å². The van der Waals surface area contributed by atoms with Crippen molar-refractivity contribution in [1.29, 1.82) is 0 Å². The van der Waals surface area contributed by atoms with Gasteiger partial charge in [-0.3, -0.25) is 4.79 Å². The zero-order chi connectivity index (χ0) is 21.5. The van der Waals surface area contributed by atoms with E-state index in [9.17, 15) is 4.79 Å². The topological polar surface area (TPSA) is 59.2 Å². The zero-order valence-corrected chi connectivity index (χ0v) is 18.9. The van der Waals surface area contributed by atoms with Gasteiger partial charge in [0.2, 0.25) is 0 Å². The van der Waals surface area contributed by atoms with Crippen LogP contribution >= 0.6 is 11.3 Å². The molecule has 1 fully saturated rings. The van der Waals surface area contributed by atoms with Crippen LogP contribution < -0.4 is 4.90 Å². The van der Waals surface area contributed by atoms with Crippen molar-refractivity contribution in [3.63, 3.8) is 0 Å². The van der Waals surface area contributed by atoms with E-state index in [4.69, 9.17) is 10.1 Å². The summed E-state index contributed by atoms with van der Waals surface area (Å²) in [5.74, 6) is 0.101. The number of carbonyl (C=O) groups is 1. The van der Waals surface area contributed by atoms with Gasteiger partial charge in [0.15, 0.2) is 10.8 Å². The third-order valence-electron chi connectivity index (χ3n) is 5.87. The summed E-state index contributed by atoms with van der Waals surface area (Å²) in [4.78, 5) is 22.1. The molecule has 0 unspecified atom stereocenters. The van der Waals surface area contributed by atoms with Crippen LogP contribution in [0.4, 0.5) is 5.13 Å². The summed E-state index contributed by atoms with van der Waals surface area (Å²) in [5.41, 5.74) is 4.89. The Hall–Kier alpha value is -3.13. The number of aryl methyl sites for hydroxylation is 3. The smallest absolute Gasteiger partial charge is 0.270 e. The van der Waals surface area contributed by atoms with E-state index in [2.05, 4.69) is 36.1 Å². The summed E-state index contributed by atoms with van der Waals surface area (Å²) in [6, 6.07) is 12.2. The van der Waals surface area contributed by atoms with Crippen molar-refractivity contribution >= 4 is 32.7 Å². The maximum Gasteiger partial charge on any atom is 0.270 e. The van der Waals surface area contributed by atoms with Gasteiger partial charge in [0.05, 0.1) is 16.1 Å². The highest BCUT2D eigenvalue weighted by atomic mass is 32.1. The van der Waals surface area contributed by atoms with Gasteiger partial charge in [-0.15, -0.1) is 0 Å². The summed E-state index contributed by atoms with van der Waals surface area (Å²) in [5, 5.41) is 5.72. The minimum Gasteiger partial charge on any atom is -0.347 e. The molecular weight excluding hydrogens is 408 g/mol. The Morgan fingerprint density at radius 3 is 2.58 bits per heavy atom. The number of aromatic nitrogens is 4. The van der Waals surface area contributed by atoms with Crippen molar-refractivity contribution in [1.82, 2.24) is 24.2 Å². The fourth-order valence-electron chi connectivity index (χ4n) is 4.08. The van der Waals surface area contributed by atoms with E-state index in [0.717, 1.165) is 58.6 Å². The lowest BCUT2D eigenvalue weighted by Gasteiger charge is -2.22. The first-order chi connectivity index (χ1) is 15.0. The predicted octanol–water partition coefficient (Wildman–Crippen LogP) is 3.79. The minimum absolute atomic E-state index is 0.101. The molecule has 1 aromatic carbocycles. The van der Waals surface area contributed by atoms with Gasteiger partial charge in [0, 0.05) is 39.4 Å². The molecule has 160 valence electrons. The van der Waals surface area contributed by atoms with E-state index < -0.39 is 0 Å². The van der Waals surface area contributed by atoms with E-state index in [1.807, 2.05) is 46.4 Å². The average Bonchev–Trinajstić information content (AvgIpc) is 3.40. The maximum absolute atomic E-state index is 12.9. The Morgan fingerprint density at radius 2 is 1.84 bits per heavy atom. The van der Waals surface area contributed by atoms with Crippen LogP contribution in [0.1, 0.15) is 28.2 Å². The molecule has 0 aliphatic carbocycles. The predicted molar refractivity (Wildman–Crippen MR) is 124 cm³/mol. The standard InChI is InChI=1S/C23H26N6OS/c1-16-7-9-18(10-8-16)29-21-20(17(2)25-29)31-23(24-21)28-13-5-12-27(14-15-28)22(30)19-6-4-11-26(19)3/h4,6-11H,5,12-15H2,1-3H3. The molecule has 0 saturated carbocycles. The van der Waals surface area contributed by atoms with Gasteiger partial charge >= 0.3 is 0 Å². The number of nitrogens with zero attached hydrogens (tertiary/aromatic N) is 6. The Morgan fingerprint density at radius 1 is 1.03 bits per heavy atom. The van der Waals surface area contributed by atoms with E-state index in [0.29, 0.717) is 6.54 Å². The first-order valence-corrected chi connectivity index (χ1v) is 11.4. The highest BCUT2D eigenvalue weighted by Crippen LogP contribution is 2.33. The highest BCUT2D eigenvalue weighted by molar-refractivity contribution is 7.22. The van der Waals surface area contributed by atoms with Crippen molar-refractivity contribution in [3.8, 4) is 5.69 Å². The van der Waals surface area contributed by atoms with Crippen LogP contribution in [0.2, 0.25) is 0 Å². The number of thiazole rings is 1. The summed E-state index contributed by atoms with van der Waals surface area (Å²) in [6.45, 7) is 7.26. The van der Waals surface area contributed by atoms with Gasteiger partial charge in [-0.1, -0.05) is 29.0 Å². The van der Waals surface area contributed by atoms with Gasteiger partial charge in [-0.05, 0) is 44.5 Å². The van der Waals surface area contributed by atoms with Crippen LogP contribution in [-0.4, -0.2) is 56.3 Å². The zero-order valence-electron chi connectivity index (χ0n) is 18.1. The lowest BCUT2D eigenvalue weighted by molar-refractivity contribution is 0.0757. The SMILES string of the molecule is Cc1ccc(-n2nc(C)c3sc(N4CCCN(C(=O)c5cccn5C)CC4)nc32)cc1. The molecular formula is C23H26N6OS. The van der Waals surface area contributed by atoms with Gasteiger partial charge in [0.25, 0.3) is 5.91 Å². The second kappa shape index (κ2) is 7.85. The van der Waals surface area contributed by atoms with Crippen molar-refractivity contribution in [2.45, 2.75) is 20.3 Å². The Kier molecular flexibility index (Phi) is 5.02. The summed E-state index contributed by atoms with van der Waals surface area (Å²) in [7, 11) is 1.91. The van der Waals surface area contributed by atoms with Crippen LogP contribution in [0.5, 0.6) is 0 Å². The largest absolute Gasteiger partial charge is 0.347 e. The molecule has 3 aromatic heterocycles. The molecule has 0 N–H and O–H groups in total. The first-order valence-electron chi connectivity index (χ1n) is 10.6. The molecule has 1 aliphatic heterocycles. The Bertz CT molecular complexity index is 1230. The van der Waals surface area contributed by atoms with Crippen LogP contribution in [-0.2, 0) is 7.05 Å². The number of hydrogen-bond acceptors (Lipinski definition) is 5. The number of hydrogen-bond donors (Lipinski definition) is 0. The minimum atomic E-state index is 0.101. The Labute approximate surface area is 185 Å². The molecule has 1 aliphatic rings. The van der Waals surface area contributed by atoms with Gasteiger partial charge in [-0.2, -0.15) is 10.1 Å². The third-order valence-corrected chi connectivity index (χ3v) is 7.09. The number of anilines is 1. The fourth-order valence-corrected chi connectivity index (χ4v) is 5.12. The molecule has 4 aromatic rings. The van der Waals surface area contributed by atoms with E-state index >= 15 is 0 Å². The lowest BCUT2D eigenvalue weighted by atomic mass is 10.2. The van der Waals surface area contributed by atoms with Gasteiger partial charge in [0.1, 0.15) is 5.69 Å². The number of carbonyl (C=O) groups excluding carboxylic acids is 1. The van der Waals surface area contributed by atoms with Crippen LogP contribution in [0, 0.1) is 13.8 Å². The molecule has 0 spiro atoms. The van der Waals surface area contributed by atoms with Gasteiger partial charge < -0.3 is 14.4 Å². The number of fused-ring (bicyclic) bond motifs is 1. The quantitative estimate of drug-likeness (QED) is 0.492. The molecule has 7 nitrogen and oxygen atoms in total. The normalized spacial score (nSPS) is 14.9. The maximum atomic E-state index is 12.9. The number of amides is 1. The Balaban J connectivity index is 1.39. The first kappa shape index (κ1) is 19.8. The molecule has 0 atom stereocenters. The molecule has 31 heavy (non-hydrogen) atoms. The monoisotopic (exact) mass is 434 g/mol. The second-order valence-electron chi connectivity index (χ2n) is 8.12. The van der Waals surface area contributed by atoms with E-state index in [1.54, 1.807) is 11.3 Å². The van der Waals surface area contributed by atoms with E-state index in [1.165, 1.54) is 5.56 Å². The molecule has 4 heterocycles. The molecule has 8 heteroatoms. The summed E-state index contributed by atoms with van der Waals surface area (Å²) < 4.78 is 4.95. The van der Waals surface area contributed by atoms with Crippen molar-refractivity contribution in [3.05, 3.63) is 59.5 Å². The van der Waals surface area contributed by atoms with Crippen LogP contribution in [0.15, 0.2) is 42.6 Å². The number of rotatable bonds is 3. The molecule has 0 radical (unpaired) electrons. The molecule has 5 rings (SSSR count). The van der Waals surface area contributed by atoms with Crippen molar-refractivity contribution in [2.75, 3.05) is 31.1 Å². The summed E-state index contributed by atoms with van der Waals surface area (Å²) >= 11 is 1.69. The highest BCUT2D eigenvalue weighted by Gasteiger charge is 2.24. The van der Waals surface area contributed by atoms with Crippen molar-refractivity contribution in [2.24, 2.45) is 7.05 Å². The molecule has 1 saturated heterocycles. The van der Waals surface area contributed by atoms with Crippen LogP contribution in [0.3, 0.4) is 0 Å². The second-order valence-corrected chi connectivity index (χ2v) is 9.10. The third kappa shape index (κ3) is 3.61. The van der Waals surface area contributed by atoms with Crippen molar-refractivity contribution < 1.29 is 4.79 Å². The van der Waals surface area contributed by atoms with Gasteiger partial charge in [-0.25, -0.2) is 4.68 Å². The summed E-state index contributed by atoms with van der Waals surface area (Å²) in [6.07, 6.45) is 2.84. The fraction of sp³-hybridized carbons (Fsp3) is 0.348. The molecule has 0 bridgehead atoms. The average molecular weight is 435 g/mol. The molecule has 1 amide bonds. The lowest BCUT2D eigenvalue weighted by Crippen LogP contribution is -2.36. The number of benzene rings is 1. The van der Waals surface area contributed by atoms with Crippen LogP contribution in [0.25, 0.3) is 16.0 Å².